The van der Waals surface area contributed by atoms with Crippen LogP contribution in [0.25, 0.3) is 10.8 Å². The molecule has 0 aromatic heterocycles. The van der Waals surface area contributed by atoms with Crippen LogP contribution in [-0.4, -0.2) is 29.3 Å². The molecule has 5 heteroatoms. The standard InChI is InChI=1S/C27H30O5/c1-17(2)31-25(29)27(5,26(30)32-18(3)4)24(20-12-7-6-8-13-20)23-21-14-10-9-11-19(21)15-16-22(23)28/h6-18,24,28H,1-5H3. The fourth-order valence-corrected chi connectivity index (χ4v) is 4.01. The summed E-state index contributed by atoms with van der Waals surface area (Å²) in [6.07, 6.45) is -0.850. The molecule has 168 valence electrons. The Morgan fingerprint density at radius 3 is 1.88 bits per heavy atom. The molecule has 3 aromatic rings. The van der Waals surface area contributed by atoms with Crippen molar-refractivity contribution in [1.82, 2.24) is 0 Å². The predicted octanol–water partition coefficient (Wildman–Crippen LogP) is 5.59. The first-order chi connectivity index (χ1) is 15.2. The number of phenols is 1. The van der Waals surface area contributed by atoms with Gasteiger partial charge in [0, 0.05) is 11.5 Å². The van der Waals surface area contributed by atoms with E-state index in [2.05, 4.69) is 0 Å². The monoisotopic (exact) mass is 434 g/mol. The maximum absolute atomic E-state index is 13.5. The summed E-state index contributed by atoms with van der Waals surface area (Å²) in [4.78, 5) is 27.1. The number of fused-ring (bicyclic) bond motifs is 1. The lowest BCUT2D eigenvalue weighted by Crippen LogP contribution is -2.46. The van der Waals surface area contributed by atoms with Crippen molar-refractivity contribution in [3.8, 4) is 5.75 Å². The van der Waals surface area contributed by atoms with Gasteiger partial charge in [0.25, 0.3) is 0 Å². The third-order valence-electron chi connectivity index (χ3n) is 5.48. The highest BCUT2D eigenvalue weighted by Gasteiger charge is 2.53. The summed E-state index contributed by atoms with van der Waals surface area (Å²) in [5.41, 5.74) is -0.557. The summed E-state index contributed by atoms with van der Waals surface area (Å²) in [7, 11) is 0. The van der Waals surface area contributed by atoms with Crippen molar-refractivity contribution in [2.75, 3.05) is 0 Å². The van der Waals surface area contributed by atoms with Crippen LogP contribution in [0.3, 0.4) is 0 Å². The molecule has 0 aliphatic carbocycles. The molecule has 0 radical (unpaired) electrons. The van der Waals surface area contributed by atoms with E-state index >= 15 is 0 Å². The Bertz CT molecular complexity index is 1080. The molecule has 0 spiro atoms. The van der Waals surface area contributed by atoms with Gasteiger partial charge in [0.05, 0.1) is 12.2 Å². The van der Waals surface area contributed by atoms with Gasteiger partial charge in [0.1, 0.15) is 5.75 Å². The van der Waals surface area contributed by atoms with Crippen molar-refractivity contribution in [1.29, 1.82) is 0 Å². The Morgan fingerprint density at radius 1 is 0.781 bits per heavy atom. The fourth-order valence-electron chi connectivity index (χ4n) is 4.01. The van der Waals surface area contributed by atoms with Gasteiger partial charge in [0.2, 0.25) is 0 Å². The van der Waals surface area contributed by atoms with E-state index in [0.29, 0.717) is 11.1 Å². The van der Waals surface area contributed by atoms with Crippen molar-refractivity contribution in [3.05, 3.63) is 77.9 Å². The third kappa shape index (κ3) is 4.47. The molecule has 1 atom stereocenters. The maximum Gasteiger partial charge on any atom is 0.324 e. The zero-order chi connectivity index (χ0) is 23.5. The summed E-state index contributed by atoms with van der Waals surface area (Å²) in [6, 6.07) is 20.2. The SMILES string of the molecule is CC(C)OC(=O)C(C)(C(=O)OC(C)C)C(c1ccccc1)c1c(O)ccc2ccccc12. The van der Waals surface area contributed by atoms with E-state index in [-0.39, 0.29) is 5.75 Å². The topological polar surface area (TPSA) is 72.8 Å². The molecule has 0 saturated heterocycles. The second-order valence-corrected chi connectivity index (χ2v) is 8.67. The molecule has 3 aromatic carbocycles. The van der Waals surface area contributed by atoms with Crippen molar-refractivity contribution < 1.29 is 24.2 Å². The van der Waals surface area contributed by atoms with Gasteiger partial charge >= 0.3 is 11.9 Å². The Morgan fingerprint density at radius 2 is 1.31 bits per heavy atom. The van der Waals surface area contributed by atoms with Gasteiger partial charge in [-0.2, -0.15) is 0 Å². The fraction of sp³-hybridized carbons (Fsp3) is 0.333. The molecule has 0 aliphatic rings. The zero-order valence-electron chi connectivity index (χ0n) is 19.2. The summed E-state index contributed by atoms with van der Waals surface area (Å²) in [5, 5.41) is 12.7. The Balaban J connectivity index is 2.37. The van der Waals surface area contributed by atoms with E-state index < -0.39 is 35.5 Å². The van der Waals surface area contributed by atoms with Crippen LogP contribution in [0.2, 0.25) is 0 Å². The van der Waals surface area contributed by atoms with E-state index in [1.165, 1.54) is 0 Å². The van der Waals surface area contributed by atoms with Crippen LogP contribution in [-0.2, 0) is 19.1 Å². The molecule has 3 rings (SSSR count). The van der Waals surface area contributed by atoms with Gasteiger partial charge in [-0.15, -0.1) is 0 Å². The van der Waals surface area contributed by atoms with E-state index in [0.717, 1.165) is 10.8 Å². The van der Waals surface area contributed by atoms with Crippen molar-refractivity contribution in [2.24, 2.45) is 5.41 Å². The molecule has 5 nitrogen and oxygen atoms in total. The minimum Gasteiger partial charge on any atom is -0.508 e. The highest BCUT2D eigenvalue weighted by atomic mass is 16.6. The minimum absolute atomic E-state index is 0.00141. The number of rotatable bonds is 7. The van der Waals surface area contributed by atoms with Crippen molar-refractivity contribution in [2.45, 2.75) is 52.7 Å². The first kappa shape index (κ1) is 23.3. The van der Waals surface area contributed by atoms with Gasteiger partial charge < -0.3 is 14.6 Å². The van der Waals surface area contributed by atoms with Gasteiger partial charge in [0.15, 0.2) is 5.41 Å². The second-order valence-electron chi connectivity index (χ2n) is 8.67. The highest BCUT2D eigenvalue weighted by molar-refractivity contribution is 6.03. The van der Waals surface area contributed by atoms with Gasteiger partial charge in [-0.05, 0) is 57.0 Å². The van der Waals surface area contributed by atoms with Crippen LogP contribution in [0.4, 0.5) is 0 Å². The van der Waals surface area contributed by atoms with Crippen LogP contribution in [0, 0.1) is 5.41 Å². The van der Waals surface area contributed by atoms with Gasteiger partial charge in [-0.1, -0.05) is 60.7 Å². The van der Waals surface area contributed by atoms with Crippen LogP contribution >= 0.6 is 0 Å². The summed E-state index contributed by atoms with van der Waals surface area (Å²) >= 11 is 0. The molecular formula is C27H30O5. The summed E-state index contributed by atoms with van der Waals surface area (Å²) < 4.78 is 11.1. The number of aromatic hydroxyl groups is 1. The molecule has 0 aliphatic heterocycles. The molecule has 0 saturated carbocycles. The lowest BCUT2D eigenvalue weighted by molar-refractivity contribution is -0.176. The molecule has 0 bridgehead atoms. The number of hydrogen-bond donors (Lipinski definition) is 1. The normalized spacial score (nSPS) is 12.7. The molecule has 0 heterocycles. The number of carbonyl (C=O) groups is 2. The average molecular weight is 435 g/mol. The van der Waals surface area contributed by atoms with Crippen molar-refractivity contribution in [3.63, 3.8) is 0 Å². The number of phenolic OH excluding ortho intramolecular Hbond substituents is 1. The number of hydrogen-bond acceptors (Lipinski definition) is 5. The number of benzene rings is 3. The zero-order valence-corrected chi connectivity index (χ0v) is 19.2. The minimum atomic E-state index is -1.74. The molecule has 1 unspecified atom stereocenters. The van der Waals surface area contributed by atoms with E-state index in [4.69, 9.17) is 9.47 Å². The van der Waals surface area contributed by atoms with Crippen LogP contribution < -0.4 is 0 Å². The molecule has 1 N–H and O–H groups in total. The molecule has 0 amide bonds. The second kappa shape index (κ2) is 9.43. The molecule has 32 heavy (non-hydrogen) atoms. The quantitative estimate of drug-likeness (QED) is 0.388. The van der Waals surface area contributed by atoms with Crippen LogP contribution in [0.1, 0.15) is 51.7 Å². The third-order valence-corrected chi connectivity index (χ3v) is 5.48. The first-order valence-corrected chi connectivity index (χ1v) is 10.8. The number of esters is 2. The predicted molar refractivity (Wildman–Crippen MR) is 124 cm³/mol. The summed E-state index contributed by atoms with van der Waals surface area (Å²) in [6.45, 7) is 8.48. The van der Waals surface area contributed by atoms with Crippen LogP contribution in [0.15, 0.2) is 66.7 Å². The average Bonchev–Trinajstić information content (AvgIpc) is 2.75. The number of carbonyl (C=O) groups excluding carboxylic acids is 2. The van der Waals surface area contributed by atoms with Gasteiger partial charge in [-0.3, -0.25) is 9.59 Å². The Hall–Kier alpha value is -3.34. The lowest BCUT2D eigenvalue weighted by Gasteiger charge is -2.36. The summed E-state index contributed by atoms with van der Waals surface area (Å²) in [5.74, 6) is -2.23. The molecule has 0 fully saturated rings. The van der Waals surface area contributed by atoms with Crippen LogP contribution in [0.5, 0.6) is 5.75 Å². The molecular weight excluding hydrogens is 404 g/mol. The van der Waals surface area contributed by atoms with E-state index in [9.17, 15) is 14.7 Å². The Labute approximate surface area is 189 Å². The lowest BCUT2D eigenvalue weighted by atomic mass is 9.68. The Kier molecular flexibility index (Phi) is 6.87. The van der Waals surface area contributed by atoms with Crippen molar-refractivity contribution >= 4 is 22.7 Å². The highest BCUT2D eigenvalue weighted by Crippen LogP contribution is 2.48. The smallest absolute Gasteiger partial charge is 0.324 e. The van der Waals surface area contributed by atoms with Gasteiger partial charge in [-0.25, -0.2) is 0 Å². The van der Waals surface area contributed by atoms with E-state index in [1.807, 2.05) is 60.7 Å². The maximum atomic E-state index is 13.5. The van der Waals surface area contributed by atoms with E-state index in [1.54, 1.807) is 40.7 Å². The first-order valence-electron chi connectivity index (χ1n) is 10.8. The largest absolute Gasteiger partial charge is 0.508 e. The number of ether oxygens (including phenoxy) is 2.